The maximum Gasteiger partial charge on any atom is 0.173 e. The highest BCUT2D eigenvalue weighted by Gasteiger charge is 2.20. The Labute approximate surface area is 199 Å². The topological polar surface area (TPSA) is 30.5 Å². The molecule has 4 nitrogen and oxygen atoms in total. The van der Waals surface area contributed by atoms with Gasteiger partial charge in [0.1, 0.15) is 11.6 Å². The number of para-hydroxylation sites is 1. The van der Waals surface area contributed by atoms with Crippen LogP contribution in [0, 0.1) is 11.6 Å². The number of thiocarbonyl (C=S) groups is 1. The fourth-order valence-electron chi connectivity index (χ4n) is 4.00. The summed E-state index contributed by atoms with van der Waals surface area (Å²) < 4.78 is 26.8. The second-order valence-corrected chi connectivity index (χ2v) is 8.50. The van der Waals surface area contributed by atoms with E-state index in [0.29, 0.717) is 0 Å². The van der Waals surface area contributed by atoms with E-state index in [0.717, 1.165) is 61.2 Å². The molecule has 0 spiro atoms. The molecule has 172 valence electrons. The minimum Gasteiger partial charge on any atom is -0.346 e. The fraction of sp³-hybridized carbons (Fsp3) is 0.269. The molecule has 4 rings (SSSR count). The zero-order valence-corrected chi connectivity index (χ0v) is 19.2. The van der Waals surface area contributed by atoms with Crippen LogP contribution < -0.4 is 10.6 Å². The molecule has 0 radical (unpaired) electrons. The van der Waals surface area contributed by atoms with E-state index in [1.165, 1.54) is 24.3 Å². The molecule has 1 aliphatic heterocycles. The van der Waals surface area contributed by atoms with Gasteiger partial charge in [-0.2, -0.15) is 0 Å². The van der Waals surface area contributed by atoms with Gasteiger partial charge in [-0.3, -0.25) is 4.90 Å². The Kier molecular flexibility index (Phi) is 7.99. The molecule has 3 aromatic rings. The summed E-state index contributed by atoms with van der Waals surface area (Å²) in [5, 5.41) is 7.62. The van der Waals surface area contributed by atoms with Crippen LogP contribution in [-0.2, 0) is 0 Å². The van der Waals surface area contributed by atoms with Crippen molar-refractivity contribution in [3.8, 4) is 0 Å². The number of rotatable bonds is 7. The standard InChI is InChI=1S/C26H28F2N4S/c27-22-10-6-20(7-11-22)25(21-8-12-23(28)13-9-21)29-14-15-31-16-18-32(19-17-31)26(33)30-24-4-2-1-3-5-24/h1-13,25,29H,14-19H2,(H,30,33). The van der Waals surface area contributed by atoms with Gasteiger partial charge in [-0.05, 0) is 59.7 Å². The summed E-state index contributed by atoms with van der Waals surface area (Å²) in [6.07, 6.45) is 0. The lowest BCUT2D eigenvalue weighted by molar-refractivity contribution is 0.183. The van der Waals surface area contributed by atoms with E-state index in [1.54, 1.807) is 24.3 Å². The Hall–Kier alpha value is -2.87. The van der Waals surface area contributed by atoms with Crippen molar-refractivity contribution in [1.29, 1.82) is 0 Å². The van der Waals surface area contributed by atoms with Crippen molar-refractivity contribution in [2.24, 2.45) is 0 Å². The van der Waals surface area contributed by atoms with Crippen LogP contribution >= 0.6 is 12.2 Å². The summed E-state index contributed by atoms with van der Waals surface area (Å²) in [5.41, 5.74) is 2.90. The van der Waals surface area contributed by atoms with Crippen LogP contribution in [0.1, 0.15) is 17.2 Å². The largest absolute Gasteiger partial charge is 0.346 e. The average molecular weight is 467 g/mol. The van der Waals surface area contributed by atoms with Gasteiger partial charge in [0.25, 0.3) is 0 Å². The van der Waals surface area contributed by atoms with Gasteiger partial charge in [0.2, 0.25) is 0 Å². The summed E-state index contributed by atoms with van der Waals surface area (Å²) in [7, 11) is 0. The molecule has 0 bridgehead atoms. The highest BCUT2D eigenvalue weighted by Crippen LogP contribution is 2.22. The van der Waals surface area contributed by atoms with E-state index >= 15 is 0 Å². The molecular weight excluding hydrogens is 438 g/mol. The van der Waals surface area contributed by atoms with Crippen LogP contribution in [0.5, 0.6) is 0 Å². The Balaban J connectivity index is 1.28. The molecule has 0 atom stereocenters. The zero-order valence-electron chi connectivity index (χ0n) is 18.4. The highest BCUT2D eigenvalue weighted by molar-refractivity contribution is 7.80. The zero-order chi connectivity index (χ0) is 23.0. The molecule has 0 saturated carbocycles. The Morgan fingerprint density at radius 3 is 1.88 bits per heavy atom. The SMILES string of the molecule is Fc1ccc(C(NCCN2CCN(C(=S)Nc3ccccc3)CC2)c2ccc(F)cc2)cc1. The van der Waals surface area contributed by atoms with Crippen LogP contribution in [0.25, 0.3) is 0 Å². The molecule has 2 N–H and O–H groups in total. The fourth-order valence-corrected chi connectivity index (χ4v) is 4.30. The monoisotopic (exact) mass is 466 g/mol. The molecule has 1 heterocycles. The first kappa shape index (κ1) is 23.3. The lowest BCUT2D eigenvalue weighted by Gasteiger charge is -2.36. The first-order chi connectivity index (χ1) is 16.1. The average Bonchev–Trinajstić information content (AvgIpc) is 2.84. The Morgan fingerprint density at radius 1 is 0.788 bits per heavy atom. The number of halogens is 2. The molecule has 3 aromatic carbocycles. The summed E-state index contributed by atoms with van der Waals surface area (Å²) in [4.78, 5) is 4.60. The summed E-state index contributed by atoms with van der Waals surface area (Å²) in [5.74, 6) is -0.539. The van der Waals surface area contributed by atoms with Gasteiger partial charge in [-0.25, -0.2) is 8.78 Å². The molecule has 0 aromatic heterocycles. The number of piperazine rings is 1. The second-order valence-electron chi connectivity index (χ2n) is 8.12. The van der Waals surface area contributed by atoms with Gasteiger partial charge in [-0.15, -0.1) is 0 Å². The van der Waals surface area contributed by atoms with Gasteiger partial charge in [0, 0.05) is 45.0 Å². The van der Waals surface area contributed by atoms with Crippen LogP contribution in [-0.4, -0.2) is 54.2 Å². The van der Waals surface area contributed by atoms with Crippen LogP contribution in [0.4, 0.5) is 14.5 Å². The third kappa shape index (κ3) is 6.57. The minimum absolute atomic E-state index is 0.130. The second kappa shape index (κ2) is 11.3. The van der Waals surface area contributed by atoms with Crippen LogP contribution in [0.2, 0.25) is 0 Å². The lowest BCUT2D eigenvalue weighted by atomic mass is 9.98. The van der Waals surface area contributed by atoms with E-state index in [1.807, 2.05) is 30.3 Å². The van der Waals surface area contributed by atoms with E-state index < -0.39 is 0 Å². The number of hydrogen-bond acceptors (Lipinski definition) is 3. The van der Waals surface area contributed by atoms with Crippen LogP contribution in [0.3, 0.4) is 0 Å². The highest BCUT2D eigenvalue weighted by atomic mass is 32.1. The third-order valence-corrected chi connectivity index (χ3v) is 6.23. The molecule has 1 fully saturated rings. The van der Waals surface area contributed by atoms with Gasteiger partial charge < -0.3 is 15.5 Å². The van der Waals surface area contributed by atoms with Crippen molar-refractivity contribution in [3.05, 3.63) is 102 Å². The van der Waals surface area contributed by atoms with Crippen molar-refractivity contribution in [2.45, 2.75) is 6.04 Å². The first-order valence-electron chi connectivity index (χ1n) is 11.2. The number of nitrogens with one attached hydrogen (secondary N) is 2. The van der Waals surface area contributed by atoms with Crippen molar-refractivity contribution in [3.63, 3.8) is 0 Å². The maximum atomic E-state index is 13.4. The van der Waals surface area contributed by atoms with Gasteiger partial charge in [0.15, 0.2) is 5.11 Å². The summed E-state index contributed by atoms with van der Waals surface area (Å²) in [6.45, 7) is 5.24. The summed E-state index contributed by atoms with van der Waals surface area (Å²) in [6, 6.07) is 22.8. The quantitative estimate of drug-likeness (QED) is 0.495. The maximum absolute atomic E-state index is 13.4. The summed E-state index contributed by atoms with van der Waals surface area (Å²) >= 11 is 5.57. The smallest absolute Gasteiger partial charge is 0.173 e. The molecule has 0 unspecified atom stereocenters. The Morgan fingerprint density at radius 2 is 1.33 bits per heavy atom. The van der Waals surface area contributed by atoms with Crippen molar-refractivity contribution < 1.29 is 8.78 Å². The molecule has 0 amide bonds. The van der Waals surface area contributed by atoms with E-state index in [-0.39, 0.29) is 17.7 Å². The van der Waals surface area contributed by atoms with E-state index in [4.69, 9.17) is 12.2 Å². The van der Waals surface area contributed by atoms with Crippen molar-refractivity contribution >= 4 is 23.0 Å². The van der Waals surface area contributed by atoms with E-state index in [2.05, 4.69) is 20.4 Å². The van der Waals surface area contributed by atoms with Gasteiger partial charge in [-0.1, -0.05) is 42.5 Å². The molecule has 33 heavy (non-hydrogen) atoms. The molecule has 7 heteroatoms. The van der Waals surface area contributed by atoms with E-state index in [9.17, 15) is 8.78 Å². The van der Waals surface area contributed by atoms with Gasteiger partial charge >= 0.3 is 0 Å². The molecular formula is C26H28F2N4S. The van der Waals surface area contributed by atoms with Crippen molar-refractivity contribution in [1.82, 2.24) is 15.1 Å². The minimum atomic E-state index is -0.269. The predicted molar refractivity (Wildman–Crippen MR) is 133 cm³/mol. The number of anilines is 1. The third-order valence-electron chi connectivity index (χ3n) is 5.87. The van der Waals surface area contributed by atoms with Crippen molar-refractivity contribution in [2.75, 3.05) is 44.6 Å². The van der Waals surface area contributed by atoms with Gasteiger partial charge in [0.05, 0.1) is 6.04 Å². The van der Waals surface area contributed by atoms with Crippen LogP contribution in [0.15, 0.2) is 78.9 Å². The Bertz CT molecular complexity index is 975. The lowest BCUT2D eigenvalue weighted by Crippen LogP contribution is -2.51. The normalized spacial score (nSPS) is 14.5. The number of nitrogens with zero attached hydrogens (tertiary/aromatic N) is 2. The molecule has 1 aliphatic rings. The molecule has 1 saturated heterocycles. The number of hydrogen-bond donors (Lipinski definition) is 2. The number of benzene rings is 3. The predicted octanol–water partition coefficient (Wildman–Crippen LogP) is 4.66. The first-order valence-corrected chi connectivity index (χ1v) is 11.6. The molecule has 0 aliphatic carbocycles.